The van der Waals surface area contributed by atoms with E-state index in [4.69, 9.17) is 4.98 Å². The van der Waals surface area contributed by atoms with E-state index in [-0.39, 0.29) is 0 Å². The number of thiazole rings is 1. The van der Waals surface area contributed by atoms with Gasteiger partial charge in [-0.1, -0.05) is 6.42 Å². The van der Waals surface area contributed by atoms with Gasteiger partial charge in [-0.2, -0.15) is 0 Å². The summed E-state index contributed by atoms with van der Waals surface area (Å²) in [6, 6.07) is 0.527. The summed E-state index contributed by atoms with van der Waals surface area (Å²) < 4.78 is 0. The van der Waals surface area contributed by atoms with Gasteiger partial charge in [0.15, 0.2) is 0 Å². The van der Waals surface area contributed by atoms with Crippen molar-refractivity contribution in [1.29, 1.82) is 0 Å². The topological polar surface area (TPSA) is 24.9 Å². The van der Waals surface area contributed by atoms with Crippen molar-refractivity contribution >= 4 is 11.3 Å². The van der Waals surface area contributed by atoms with Crippen molar-refractivity contribution in [2.75, 3.05) is 7.05 Å². The second kappa shape index (κ2) is 3.87. The monoisotopic (exact) mass is 222 g/mol. The van der Waals surface area contributed by atoms with Gasteiger partial charge < -0.3 is 5.32 Å². The number of aryl methyl sites for hydroxylation is 1. The normalized spacial score (nSPS) is 26.1. The molecule has 2 aliphatic carbocycles. The van der Waals surface area contributed by atoms with Crippen LogP contribution >= 0.6 is 11.3 Å². The number of aromatic nitrogens is 1. The highest BCUT2D eigenvalue weighted by molar-refractivity contribution is 7.11. The van der Waals surface area contributed by atoms with Crippen LogP contribution in [0.5, 0.6) is 0 Å². The molecule has 3 heteroatoms. The molecule has 0 saturated heterocycles. The molecule has 0 aromatic carbocycles. The molecule has 0 spiro atoms. The van der Waals surface area contributed by atoms with E-state index in [0.29, 0.717) is 6.04 Å². The summed E-state index contributed by atoms with van der Waals surface area (Å²) >= 11 is 1.99. The molecule has 0 bridgehead atoms. The maximum absolute atomic E-state index is 4.88. The molecule has 1 saturated carbocycles. The lowest BCUT2D eigenvalue weighted by Crippen LogP contribution is -2.21. The number of rotatable bonds is 2. The molecule has 1 unspecified atom stereocenters. The zero-order chi connectivity index (χ0) is 10.3. The Morgan fingerprint density at radius 2 is 2.13 bits per heavy atom. The Kier molecular flexibility index (Phi) is 2.53. The van der Waals surface area contributed by atoms with Crippen molar-refractivity contribution in [1.82, 2.24) is 10.3 Å². The van der Waals surface area contributed by atoms with Gasteiger partial charge in [0, 0.05) is 10.8 Å². The predicted octanol–water partition coefficient (Wildman–Crippen LogP) is 3.01. The van der Waals surface area contributed by atoms with Gasteiger partial charge in [0.05, 0.1) is 16.7 Å². The fourth-order valence-electron chi connectivity index (χ4n) is 2.55. The van der Waals surface area contributed by atoms with Gasteiger partial charge in [-0.25, -0.2) is 4.98 Å². The Bertz CT molecular complexity index is 355. The first kappa shape index (κ1) is 9.79. The number of nitrogens with zero attached hydrogens (tertiary/aromatic N) is 1. The van der Waals surface area contributed by atoms with E-state index in [2.05, 4.69) is 12.4 Å². The molecular weight excluding hydrogens is 204 g/mol. The molecule has 0 radical (unpaired) electrons. The van der Waals surface area contributed by atoms with E-state index in [9.17, 15) is 0 Å². The van der Waals surface area contributed by atoms with Crippen LogP contribution in [0.25, 0.3) is 0 Å². The largest absolute Gasteiger partial charge is 0.312 e. The van der Waals surface area contributed by atoms with Crippen molar-refractivity contribution in [2.24, 2.45) is 0 Å². The van der Waals surface area contributed by atoms with Crippen LogP contribution in [0.3, 0.4) is 0 Å². The minimum atomic E-state index is 0.527. The molecule has 1 heterocycles. The first-order valence-electron chi connectivity index (χ1n) is 6.05. The van der Waals surface area contributed by atoms with Crippen molar-refractivity contribution in [3.63, 3.8) is 0 Å². The fourth-order valence-corrected chi connectivity index (χ4v) is 3.89. The van der Waals surface area contributed by atoms with Gasteiger partial charge in [0.2, 0.25) is 0 Å². The third kappa shape index (κ3) is 1.62. The molecule has 0 aliphatic heterocycles. The summed E-state index contributed by atoms with van der Waals surface area (Å²) in [5.74, 6) is 0.804. The van der Waals surface area contributed by atoms with Gasteiger partial charge >= 0.3 is 0 Å². The molecule has 2 nitrogen and oxygen atoms in total. The molecule has 1 atom stereocenters. The Morgan fingerprint density at radius 1 is 1.27 bits per heavy atom. The summed E-state index contributed by atoms with van der Waals surface area (Å²) in [5.41, 5.74) is 1.37. The second-order valence-electron chi connectivity index (χ2n) is 4.72. The maximum atomic E-state index is 4.88. The lowest BCUT2D eigenvalue weighted by Gasteiger charge is -2.22. The van der Waals surface area contributed by atoms with E-state index >= 15 is 0 Å². The van der Waals surface area contributed by atoms with E-state index in [0.717, 1.165) is 5.92 Å². The highest BCUT2D eigenvalue weighted by Crippen LogP contribution is 2.42. The van der Waals surface area contributed by atoms with Crippen LogP contribution in [0.1, 0.15) is 59.6 Å². The molecule has 1 aromatic rings. The molecular formula is C12H18N2S. The molecule has 15 heavy (non-hydrogen) atoms. The standard InChI is InChI=1S/C12H18N2S/c1-13-9-6-3-7-10-11(9)14-12(15-10)8-4-2-5-8/h8-9,13H,2-7H2,1H3. The van der Waals surface area contributed by atoms with Gasteiger partial charge in [-0.05, 0) is 39.2 Å². The van der Waals surface area contributed by atoms with E-state index in [1.54, 1.807) is 4.88 Å². The van der Waals surface area contributed by atoms with Gasteiger partial charge in [-0.15, -0.1) is 11.3 Å². The quantitative estimate of drug-likeness (QED) is 0.832. The van der Waals surface area contributed by atoms with E-state index in [1.165, 1.54) is 49.2 Å². The van der Waals surface area contributed by atoms with Crippen molar-refractivity contribution < 1.29 is 0 Å². The third-order valence-corrected chi connectivity index (χ3v) is 5.07. The van der Waals surface area contributed by atoms with Crippen LogP contribution in [0.4, 0.5) is 0 Å². The van der Waals surface area contributed by atoms with Crippen molar-refractivity contribution in [3.8, 4) is 0 Å². The number of hydrogen-bond donors (Lipinski definition) is 1. The summed E-state index contributed by atoms with van der Waals surface area (Å²) in [6.45, 7) is 0. The maximum Gasteiger partial charge on any atom is 0.0962 e. The summed E-state index contributed by atoms with van der Waals surface area (Å²) in [5, 5.41) is 4.82. The van der Waals surface area contributed by atoms with Gasteiger partial charge in [-0.3, -0.25) is 0 Å². The number of hydrogen-bond acceptors (Lipinski definition) is 3. The Morgan fingerprint density at radius 3 is 2.80 bits per heavy atom. The molecule has 1 fully saturated rings. The average molecular weight is 222 g/mol. The van der Waals surface area contributed by atoms with Crippen LogP contribution in [-0.2, 0) is 6.42 Å². The molecule has 0 amide bonds. The van der Waals surface area contributed by atoms with E-state index < -0.39 is 0 Å². The predicted molar refractivity (Wildman–Crippen MR) is 63.4 cm³/mol. The van der Waals surface area contributed by atoms with Crippen LogP contribution in [0, 0.1) is 0 Å². The lowest BCUT2D eigenvalue weighted by molar-refractivity contribution is 0.415. The van der Waals surface area contributed by atoms with Crippen molar-refractivity contribution in [2.45, 2.75) is 50.5 Å². The zero-order valence-electron chi connectivity index (χ0n) is 9.25. The average Bonchev–Trinajstić information content (AvgIpc) is 2.57. The summed E-state index contributed by atoms with van der Waals surface area (Å²) in [7, 11) is 2.06. The van der Waals surface area contributed by atoms with Crippen LogP contribution in [0.2, 0.25) is 0 Å². The Balaban J connectivity index is 1.90. The van der Waals surface area contributed by atoms with Crippen LogP contribution in [-0.4, -0.2) is 12.0 Å². The van der Waals surface area contributed by atoms with Gasteiger partial charge in [0.25, 0.3) is 0 Å². The second-order valence-corrected chi connectivity index (χ2v) is 5.84. The molecule has 82 valence electrons. The minimum Gasteiger partial charge on any atom is -0.312 e. The summed E-state index contributed by atoms with van der Waals surface area (Å²) in [6.07, 6.45) is 8.00. The zero-order valence-corrected chi connectivity index (χ0v) is 10.1. The smallest absolute Gasteiger partial charge is 0.0962 e. The Hall–Kier alpha value is -0.410. The van der Waals surface area contributed by atoms with Crippen LogP contribution < -0.4 is 5.32 Å². The van der Waals surface area contributed by atoms with E-state index in [1.807, 2.05) is 11.3 Å². The van der Waals surface area contributed by atoms with Crippen molar-refractivity contribution in [3.05, 3.63) is 15.6 Å². The lowest BCUT2D eigenvalue weighted by atomic mass is 9.86. The Labute approximate surface area is 95.1 Å². The van der Waals surface area contributed by atoms with Crippen LogP contribution in [0.15, 0.2) is 0 Å². The first-order valence-corrected chi connectivity index (χ1v) is 6.87. The fraction of sp³-hybridized carbons (Fsp3) is 0.750. The number of nitrogens with one attached hydrogen (secondary N) is 1. The molecule has 2 aliphatic rings. The SMILES string of the molecule is CNC1CCCc2sc(C3CCC3)nc21. The first-order chi connectivity index (χ1) is 7.38. The molecule has 1 aromatic heterocycles. The van der Waals surface area contributed by atoms with Gasteiger partial charge in [0.1, 0.15) is 0 Å². The highest BCUT2D eigenvalue weighted by atomic mass is 32.1. The number of fused-ring (bicyclic) bond motifs is 1. The molecule has 1 N–H and O–H groups in total. The molecule has 3 rings (SSSR count). The summed E-state index contributed by atoms with van der Waals surface area (Å²) in [4.78, 5) is 6.44. The highest BCUT2D eigenvalue weighted by Gasteiger charge is 2.28. The third-order valence-electron chi connectivity index (χ3n) is 3.77. The minimum absolute atomic E-state index is 0.527.